The molecule has 1 unspecified atom stereocenters. The predicted octanol–water partition coefficient (Wildman–Crippen LogP) is 5.78. The lowest BCUT2D eigenvalue weighted by Crippen LogP contribution is -2.30. The number of hydrogen-bond donors (Lipinski definition) is 1. The molecule has 0 radical (unpaired) electrons. The van der Waals surface area contributed by atoms with Crippen LogP contribution in [0, 0.1) is 13.8 Å². The van der Waals surface area contributed by atoms with Crippen LogP contribution in [0.1, 0.15) is 18.1 Å². The maximum Gasteiger partial charge on any atom is 0.265 e. The van der Waals surface area contributed by atoms with Crippen LogP contribution in [0.15, 0.2) is 34.8 Å². The largest absolute Gasteiger partial charge is 0.481 e. The Morgan fingerprint density at radius 1 is 1.17 bits per heavy atom. The van der Waals surface area contributed by atoms with Crippen molar-refractivity contribution in [3.63, 3.8) is 0 Å². The van der Waals surface area contributed by atoms with Gasteiger partial charge in [-0.3, -0.25) is 4.79 Å². The van der Waals surface area contributed by atoms with Gasteiger partial charge in [0.05, 0.1) is 10.7 Å². The van der Waals surface area contributed by atoms with Crippen molar-refractivity contribution >= 4 is 50.7 Å². The second kappa shape index (κ2) is 7.56. The Morgan fingerprint density at radius 2 is 1.78 bits per heavy atom. The van der Waals surface area contributed by atoms with Crippen molar-refractivity contribution in [3.8, 4) is 5.75 Å². The van der Waals surface area contributed by atoms with Crippen LogP contribution in [0.4, 0.5) is 5.69 Å². The summed E-state index contributed by atoms with van der Waals surface area (Å²) in [7, 11) is 0. The molecule has 3 nitrogen and oxygen atoms in total. The van der Waals surface area contributed by atoms with Gasteiger partial charge >= 0.3 is 0 Å². The second-order valence-corrected chi connectivity index (χ2v) is 6.95. The predicted molar refractivity (Wildman–Crippen MR) is 98.8 cm³/mol. The van der Waals surface area contributed by atoms with Crippen molar-refractivity contribution in [2.24, 2.45) is 0 Å². The van der Waals surface area contributed by atoms with Crippen molar-refractivity contribution < 1.29 is 9.53 Å². The third-order valence-corrected chi connectivity index (χ3v) is 4.68. The fourth-order valence-electron chi connectivity index (χ4n) is 2.06. The van der Waals surface area contributed by atoms with E-state index >= 15 is 0 Å². The Morgan fingerprint density at radius 3 is 2.35 bits per heavy atom. The molecule has 0 aliphatic rings. The quantitative estimate of drug-likeness (QED) is 0.685. The van der Waals surface area contributed by atoms with E-state index in [1.807, 2.05) is 26.0 Å². The molecule has 23 heavy (non-hydrogen) atoms. The van der Waals surface area contributed by atoms with Gasteiger partial charge in [0.25, 0.3) is 5.91 Å². The molecule has 2 rings (SSSR count). The minimum absolute atomic E-state index is 0.278. The van der Waals surface area contributed by atoms with E-state index in [0.29, 0.717) is 21.5 Å². The minimum atomic E-state index is -0.672. The highest BCUT2D eigenvalue weighted by Crippen LogP contribution is 2.28. The van der Waals surface area contributed by atoms with Gasteiger partial charge in [-0.2, -0.15) is 0 Å². The minimum Gasteiger partial charge on any atom is -0.481 e. The summed E-state index contributed by atoms with van der Waals surface area (Å²) >= 11 is 15.6. The number of hydrogen-bond acceptors (Lipinski definition) is 2. The molecule has 1 atom stereocenters. The summed E-state index contributed by atoms with van der Waals surface area (Å²) in [6.07, 6.45) is -0.672. The number of ether oxygens (including phenoxy) is 1. The molecule has 1 N–H and O–H groups in total. The van der Waals surface area contributed by atoms with Gasteiger partial charge in [0, 0.05) is 9.50 Å². The second-order valence-electron chi connectivity index (χ2n) is 5.24. The lowest BCUT2D eigenvalue weighted by molar-refractivity contribution is -0.122. The Balaban J connectivity index is 2.08. The number of carbonyl (C=O) groups excluding carboxylic acids is 1. The summed E-state index contributed by atoms with van der Waals surface area (Å²) in [6.45, 7) is 5.48. The highest BCUT2D eigenvalue weighted by molar-refractivity contribution is 9.10. The van der Waals surface area contributed by atoms with E-state index in [2.05, 4.69) is 21.2 Å². The van der Waals surface area contributed by atoms with Gasteiger partial charge < -0.3 is 10.1 Å². The van der Waals surface area contributed by atoms with Crippen LogP contribution in [-0.2, 0) is 4.79 Å². The molecule has 1 amide bonds. The van der Waals surface area contributed by atoms with Gasteiger partial charge in [0.2, 0.25) is 0 Å². The number of benzene rings is 2. The summed E-state index contributed by atoms with van der Waals surface area (Å²) < 4.78 is 6.55. The lowest BCUT2D eigenvalue weighted by Gasteiger charge is -2.17. The van der Waals surface area contributed by atoms with Gasteiger partial charge in [-0.1, -0.05) is 39.1 Å². The summed E-state index contributed by atoms with van der Waals surface area (Å²) in [6, 6.07) is 8.87. The van der Waals surface area contributed by atoms with E-state index in [0.717, 1.165) is 15.6 Å². The molecule has 0 aliphatic heterocycles. The Bertz CT molecular complexity index is 726. The van der Waals surface area contributed by atoms with E-state index in [4.69, 9.17) is 27.9 Å². The molecule has 0 bridgehead atoms. The van der Waals surface area contributed by atoms with Crippen LogP contribution in [0.25, 0.3) is 0 Å². The molecule has 0 aliphatic carbocycles. The molecule has 0 aromatic heterocycles. The standard InChI is InChI=1S/C17H16BrCl2NO2/c1-9-6-13(7-10(2)16(9)20)23-11(3)17(22)21-15-5-4-12(18)8-14(15)19/h4-8,11H,1-3H3,(H,21,22). The smallest absolute Gasteiger partial charge is 0.265 e. The normalized spacial score (nSPS) is 11.9. The summed E-state index contributed by atoms with van der Waals surface area (Å²) in [5.74, 6) is 0.327. The van der Waals surface area contributed by atoms with Gasteiger partial charge in [0.15, 0.2) is 6.10 Å². The first kappa shape index (κ1) is 18.1. The molecule has 0 fully saturated rings. The first-order valence-electron chi connectivity index (χ1n) is 6.97. The molecule has 0 heterocycles. The highest BCUT2D eigenvalue weighted by Gasteiger charge is 2.17. The van der Waals surface area contributed by atoms with E-state index in [-0.39, 0.29) is 5.91 Å². The number of aryl methyl sites for hydroxylation is 2. The number of halogens is 3. The molecular weight excluding hydrogens is 401 g/mol. The summed E-state index contributed by atoms with van der Waals surface area (Å²) in [5, 5.41) is 3.92. The van der Waals surface area contributed by atoms with Crippen molar-refractivity contribution in [2.75, 3.05) is 5.32 Å². The monoisotopic (exact) mass is 415 g/mol. The summed E-state index contributed by atoms with van der Waals surface area (Å²) in [4.78, 5) is 12.3. The van der Waals surface area contributed by atoms with E-state index < -0.39 is 6.10 Å². The zero-order valence-electron chi connectivity index (χ0n) is 12.9. The zero-order valence-corrected chi connectivity index (χ0v) is 16.0. The van der Waals surface area contributed by atoms with E-state index in [1.165, 1.54) is 0 Å². The van der Waals surface area contributed by atoms with Gasteiger partial charge in [0.1, 0.15) is 5.75 Å². The summed E-state index contributed by atoms with van der Waals surface area (Å²) in [5.41, 5.74) is 2.36. The third-order valence-electron chi connectivity index (χ3n) is 3.28. The van der Waals surface area contributed by atoms with Crippen molar-refractivity contribution in [3.05, 3.63) is 56.0 Å². The Hall–Kier alpha value is -1.23. The molecule has 0 saturated heterocycles. The number of anilines is 1. The number of amides is 1. The molecule has 2 aromatic carbocycles. The Kier molecular flexibility index (Phi) is 5.95. The third kappa shape index (κ3) is 4.63. The molecule has 6 heteroatoms. The molecule has 0 saturated carbocycles. The zero-order chi connectivity index (χ0) is 17.1. The SMILES string of the molecule is Cc1cc(OC(C)C(=O)Nc2ccc(Br)cc2Cl)cc(C)c1Cl. The fraction of sp³-hybridized carbons (Fsp3) is 0.235. The molecule has 122 valence electrons. The first-order chi connectivity index (χ1) is 10.8. The van der Waals surface area contributed by atoms with Crippen molar-refractivity contribution in [2.45, 2.75) is 26.9 Å². The maximum absolute atomic E-state index is 12.3. The van der Waals surface area contributed by atoms with Crippen LogP contribution < -0.4 is 10.1 Å². The van der Waals surface area contributed by atoms with Gasteiger partial charge in [-0.05, 0) is 62.2 Å². The van der Waals surface area contributed by atoms with Gasteiger partial charge in [-0.15, -0.1) is 0 Å². The van der Waals surface area contributed by atoms with E-state index in [1.54, 1.807) is 25.1 Å². The maximum atomic E-state index is 12.3. The van der Waals surface area contributed by atoms with Crippen LogP contribution in [-0.4, -0.2) is 12.0 Å². The average molecular weight is 417 g/mol. The van der Waals surface area contributed by atoms with Crippen LogP contribution in [0.5, 0.6) is 5.75 Å². The van der Waals surface area contributed by atoms with Gasteiger partial charge in [-0.25, -0.2) is 0 Å². The van der Waals surface area contributed by atoms with Crippen molar-refractivity contribution in [1.82, 2.24) is 0 Å². The Labute approximate surface area is 154 Å². The first-order valence-corrected chi connectivity index (χ1v) is 8.52. The van der Waals surface area contributed by atoms with Crippen LogP contribution in [0.3, 0.4) is 0 Å². The number of nitrogens with one attached hydrogen (secondary N) is 1. The molecular formula is C17H16BrCl2NO2. The average Bonchev–Trinajstić information content (AvgIpc) is 2.47. The van der Waals surface area contributed by atoms with Crippen molar-refractivity contribution in [1.29, 1.82) is 0 Å². The number of carbonyl (C=O) groups is 1. The topological polar surface area (TPSA) is 38.3 Å². The molecule has 2 aromatic rings. The highest BCUT2D eigenvalue weighted by atomic mass is 79.9. The van der Waals surface area contributed by atoms with Crippen LogP contribution >= 0.6 is 39.1 Å². The lowest BCUT2D eigenvalue weighted by atomic mass is 10.1. The fourth-order valence-corrected chi connectivity index (χ4v) is 2.89. The van der Waals surface area contributed by atoms with E-state index in [9.17, 15) is 4.79 Å². The van der Waals surface area contributed by atoms with Crippen LogP contribution in [0.2, 0.25) is 10.0 Å². The molecule has 0 spiro atoms. The number of rotatable bonds is 4.